The topological polar surface area (TPSA) is 67.9 Å². The molecule has 158 valence electrons. The van der Waals surface area contributed by atoms with Crippen LogP contribution in [0, 0.1) is 0 Å². The number of esters is 1. The number of hydrogen-bond acceptors (Lipinski definition) is 5. The maximum absolute atomic E-state index is 12.9. The van der Waals surface area contributed by atoms with Crippen LogP contribution in [0.3, 0.4) is 0 Å². The number of benzene rings is 2. The summed E-state index contributed by atoms with van der Waals surface area (Å²) in [6.45, 7) is 7.07. The van der Waals surface area contributed by atoms with Crippen LogP contribution in [0.1, 0.15) is 37.8 Å². The van der Waals surface area contributed by atoms with Gasteiger partial charge >= 0.3 is 12.1 Å². The molecule has 1 aliphatic carbocycles. The van der Waals surface area contributed by atoms with Crippen LogP contribution >= 0.6 is 0 Å². The summed E-state index contributed by atoms with van der Waals surface area (Å²) >= 11 is 0. The lowest BCUT2D eigenvalue weighted by atomic mass is 9.98. The molecule has 1 saturated heterocycles. The van der Waals surface area contributed by atoms with Crippen molar-refractivity contribution in [1.29, 1.82) is 0 Å². The van der Waals surface area contributed by atoms with E-state index < -0.39 is 23.7 Å². The lowest BCUT2D eigenvalue weighted by Gasteiger charge is -2.35. The molecule has 1 heterocycles. The van der Waals surface area contributed by atoms with Crippen LogP contribution in [0.5, 0.6) is 0 Å². The van der Waals surface area contributed by atoms with Gasteiger partial charge in [-0.15, -0.1) is 0 Å². The minimum atomic E-state index is -0.686. The molecule has 0 radical (unpaired) electrons. The third kappa shape index (κ3) is 4.05. The molecule has 1 N–H and O–H groups in total. The monoisotopic (exact) mass is 408 g/mol. The Labute approximate surface area is 177 Å². The van der Waals surface area contributed by atoms with Crippen LogP contribution in [0.2, 0.25) is 0 Å². The van der Waals surface area contributed by atoms with E-state index in [1.807, 2.05) is 45.0 Å². The summed E-state index contributed by atoms with van der Waals surface area (Å²) in [6.07, 6.45) is -0.478. The first kappa shape index (κ1) is 20.4. The highest BCUT2D eigenvalue weighted by molar-refractivity contribution is 5.83. The van der Waals surface area contributed by atoms with Gasteiger partial charge < -0.3 is 14.8 Å². The Hall–Kier alpha value is -2.86. The van der Waals surface area contributed by atoms with Gasteiger partial charge in [0.1, 0.15) is 18.2 Å². The summed E-state index contributed by atoms with van der Waals surface area (Å²) < 4.78 is 11.2. The number of carbonyl (C=O) groups is 2. The average molecular weight is 408 g/mol. The number of fused-ring (bicyclic) bond motifs is 3. The Balaban J connectivity index is 1.48. The Kier molecular flexibility index (Phi) is 5.52. The molecule has 2 aromatic carbocycles. The van der Waals surface area contributed by atoms with Gasteiger partial charge in [-0.1, -0.05) is 48.5 Å². The maximum atomic E-state index is 12.9. The van der Waals surface area contributed by atoms with Gasteiger partial charge in [0.2, 0.25) is 0 Å². The number of hydrogen-bond donors (Lipinski definition) is 1. The molecule has 6 heteroatoms. The second kappa shape index (κ2) is 8.11. The maximum Gasteiger partial charge on any atom is 0.410 e. The SMILES string of the molecule is CC(C)(C)OC(=O)C1CNCCN1C(=O)OCC1c2ccccc2-c2ccccc21. The van der Waals surface area contributed by atoms with Crippen LogP contribution in [0.25, 0.3) is 11.1 Å². The largest absolute Gasteiger partial charge is 0.458 e. The van der Waals surface area contributed by atoms with E-state index in [-0.39, 0.29) is 12.5 Å². The molecule has 0 spiro atoms. The molecule has 2 aliphatic rings. The van der Waals surface area contributed by atoms with Gasteiger partial charge in [-0.2, -0.15) is 0 Å². The second-order valence-electron chi connectivity index (χ2n) is 8.75. The predicted molar refractivity (Wildman–Crippen MR) is 114 cm³/mol. The zero-order valence-electron chi connectivity index (χ0n) is 17.7. The van der Waals surface area contributed by atoms with Gasteiger partial charge in [0.15, 0.2) is 0 Å². The third-order valence-electron chi connectivity index (χ3n) is 5.49. The number of carbonyl (C=O) groups excluding carboxylic acids is 2. The molecule has 0 bridgehead atoms. The first-order valence-electron chi connectivity index (χ1n) is 10.4. The number of amides is 1. The molecule has 0 saturated carbocycles. The van der Waals surface area contributed by atoms with Gasteiger partial charge in [-0.3, -0.25) is 4.90 Å². The van der Waals surface area contributed by atoms with E-state index in [0.29, 0.717) is 19.6 Å². The van der Waals surface area contributed by atoms with Gasteiger partial charge in [0.05, 0.1) is 0 Å². The molecule has 1 aliphatic heterocycles. The number of ether oxygens (including phenoxy) is 2. The van der Waals surface area contributed by atoms with Crippen molar-refractivity contribution in [2.75, 3.05) is 26.2 Å². The normalized spacial score (nSPS) is 18.5. The van der Waals surface area contributed by atoms with E-state index >= 15 is 0 Å². The van der Waals surface area contributed by atoms with Crippen LogP contribution in [-0.4, -0.2) is 54.8 Å². The summed E-state index contributed by atoms with van der Waals surface area (Å²) in [4.78, 5) is 27.0. The minimum Gasteiger partial charge on any atom is -0.458 e. The summed E-state index contributed by atoms with van der Waals surface area (Å²) in [7, 11) is 0. The van der Waals surface area contributed by atoms with E-state index in [1.54, 1.807) is 0 Å². The lowest BCUT2D eigenvalue weighted by Crippen LogP contribution is -2.58. The lowest BCUT2D eigenvalue weighted by molar-refractivity contribution is -0.161. The molecular formula is C24H28N2O4. The van der Waals surface area contributed by atoms with E-state index in [1.165, 1.54) is 16.0 Å². The van der Waals surface area contributed by atoms with Crippen LogP contribution in [0.15, 0.2) is 48.5 Å². The highest BCUT2D eigenvalue weighted by Gasteiger charge is 2.37. The summed E-state index contributed by atoms with van der Waals surface area (Å²) in [5, 5.41) is 3.16. The van der Waals surface area contributed by atoms with E-state index in [4.69, 9.17) is 9.47 Å². The number of nitrogens with zero attached hydrogens (tertiary/aromatic N) is 1. The first-order chi connectivity index (χ1) is 14.3. The minimum absolute atomic E-state index is 0.00996. The van der Waals surface area contributed by atoms with E-state index in [9.17, 15) is 9.59 Å². The number of nitrogens with one attached hydrogen (secondary N) is 1. The summed E-state index contributed by atoms with van der Waals surface area (Å²) in [5.74, 6) is -0.424. The summed E-state index contributed by atoms with van der Waals surface area (Å²) in [6, 6.07) is 15.8. The van der Waals surface area contributed by atoms with Crippen molar-refractivity contribution in [3.63, 3.8) is 0 Å². The smallest absolute Gasteiger partial charge is 0.410 e. The molecule has 0 aromatic heterocycles. The van der Waals surface area contributed by atoms with Crippen LogP contribution in [-0.2, 0) is 14.3 Å². The highest BCUT2D eigenvalue weighted by Crippen LogP contribution is 2.44. The predicted octanol–water partition coefficient (Wildman–Crippen LogP) is 3.55. The molecule has 6 nitrogen and oxygen atoms in total. The zero-order chi connectivity index (χ0) is 21.3. The van der Waals surface area contributed by atoms with Crippen molar-refractivity contribution in [2.45, 2.75) is 38.3 Å². The Morgan fingerprint density at radius 3 is 2.23 bits per heavy atom. The van der Waals surface area contributed by atoms with E-state index in [0.717, 1.165) is 11.1 Å². The van der Waals surface area contributed by atoms with E-state index in [2.05, 4.69) is 29.6 Å². The van der Waals surface area contributed by atoms with Gasteiger partial charge in [0, 0.05) is 25.6 Å². The molecule has 1 atom stereocenters. The van der Waals surface area contributed by atoms with Crippen molar-refractivity contribution in [3.05, 3.63) is 59.7 Å². The van der Waals surface area contributed by atoms with Crippen molar-refractivity contribution in [2.24, 2.45) is 0 Å². The van der Waals surface area contributed by atoms with Crippen LogP contribution in [0.4, 0.5) is 4.79 Å². The standard InChI is InChI=1S/C24H28N2O4/c1-24(2,3)30-22(27)21-14-25-12-13-26(21)23(28)29-15-20-18-10-6-4-8-16(18)17-9-5-7-11-19(17)20/h4-11,20-21,25H,12-15H2,1-3H3. The Bertz CT molecular complexity index is 905. The third-order valence-corrected chi connectivity index (χ3v) is 5.49. The van der Waals surface area contributed by atoms with Crippen molar-refractivity contribution >= 4 is 12.1 Å². The molecule has 30 heavy (non-hydrogen) atoms. The molecular weight excluding hydrogens is 380 g/mol. The Morgan fingerprint density at radius 1 is 1.03 bits per heavy atom. The molecule has 1 amide bonds. The molecule has 1 fully saturated rings. The quantitative estimate of drug-likeness (QED) is 0.787. The van der Waals surface area contributed by atoms with Gasteiger partial charge in [-0.05, 0) is 43.0 Å². The van der Waals surface area contributed by atoms with Crippen molar-refractivity contribution < 1.29 is 19.1 Å². The first-order valence-corrected chi connectivity index (χ1v) is 10.4. The highest BCUT2D eigenvalue weighted by atomic mass is 16.6. The van der Waals surface area contributed by atoms with Gasteiger partial charge in [-0.25, -0.2) is 9.59 Å². The average Bonchev–Trinajstić information content (AvgIpc) is 3.05. The zero-order valence-corrected chi connectivity index (χ0v) is 17.7. The van der Waals surface area contributed by atoms with Crippen molar-refractivity contribution in [1.82, 2.24) is 10.2 Å². The Morgan fingerprint density at radius 2 is 1.63 bits per heavy atom. The fraction of sp³-hybridized carbons (Fsp3) is 0.417. The summed E-state index contributed by atoms with van der Waals surface area (Å²) in [5.41, 5.74) is 4.08. The fourth-order valence-electron chi connectivity index (χ4n) is 4.18. The van der Waals surface area contributed by atoms with Crippen molar-refractivity contribution in [3.8, 4) is 11.1 Å². The van der Waals surface area contributed by atoms with Crippen LogP contribution < -0.4 is 5.32 Å². The fourth-order valence-corrected chi connectivity index (χ4v) is 4.18. The molecule has 4 rings (SSSR count). The molecule has 1 unspecified atom stereocenters. The molecule has 2 aromatic rings. The number of piperazine rings is 1. The van der Waals surface area contributed by atoms with Gasteiger partial charge in [0.25, 0.3) is 0 Å². The number of rotatable bonds is 3. The second-order valence-corrected chi connectivity index (χ2v) is 8.75.